The molecule has 3 fully saturated rings. The summed E-state index contributed by atoms with van der Waals surface area (Å²) in [6.07, 6.45) is 5.60. The van der Waals surface area contributed by atoms with Gasteiger partial charge in [-0.15, -0.1) is 0 Å². The molecule has 0 aromatic carbocycles. The Labute approximate surface area is 139 Å². The molecule has 0 amide bonds. The van der Waals surface area contributed by atoms with Crippen LogP contribution in [0.2, 0.25) is 0 Å². The molecule has 7 atom stereocenters. The Morgan fingerprint density at radius 1 is 1.09 bits per heavy atom. The minimum Gasteiger partial charge on any atom is -0.462 e. The van der Waals surface area contributed by atoms with E-state index in [0.717, 1.165) is 29.6 Å². The van der Waals surface area contributed by atoms with Crippen LogP contribution in [0.4, 0.5) is 0 Å². The Hall–Kier alpha value is -1.06. The maximum Gasteiger partial charge on any atom is 0.309 e. The molecule has 0 aromatic rings. The van der Waals surface area contributed by atoms with Crippen molar-refractivity contribution in [3.05, 3.63) is 0 Å². The van der Waals surface area contributed by atoms with Crippen molar-refractivity contribution in [3.8, 4) is 0 Å². The molecule has 3 saturated carbocycles. The van der Waals surface area contributed by atoms with Crippen LogP contribution in [-0.4, -0.2) is 25.2 Å². The van der Waals surface area contributed by atoms with Gasteiger partial charge in [0.05, 0.1) is 5.92 Å². The number of hydrogen-bond donors (Lipinski definition) is 0. The Balaban J connectivity index is 1.46. The predicted molar refractivity (Wildman–Crippen MR) is 86.5 cm³/mol. The van der Waals surface area contributed by atoms with E-state index < -0.39 is 0 Å². The first-order chi connectivity index (χ1) is 11.0. The van der Waals surface area contributed by atoms with Crippen molar-refractivity contribution in [3.63, 3.8) is 0 Å². The fourth-order valence-corrected chi connectivity index (χ4v) is 5.49. The molecular weight excluding hydrogens is 292 g/mol. The molecule has 0 radical (unpaired) electrons. The molecule has 23 heavy (non-hydrogen) atoms. The first kappa shape index (κ1) is 16.8. The molecule has 3 aliphatic carbocycles. The molecule has 4 nitrogen and oxygen atoms in total. The van der Waals surface area contributed by atoms with Gasteiger partial charge in [0.25, 0.3) is 0 Å². The molecule has 3 aliphatic rings. The van der Waals surface area contributed by atoms with Gasteiger partial charge in [0.15, 0.2) is 0 Å². The summed E-state index contributed by atoms with van der Waals surface area (Å²) in [6, 6.07) is 0. The molecular formula is C19H30O4. The van der Waals surface area contributed by atoms with E-state index in [1.54, 1.807) is 6.92 Å². The summed E-state index contributed by atoms with van der Waals surface area (Å²) < 4.78 is 10.3. The molecule has 0 heterocycles. The molecule has 0 N–H and O–H groups in total. The van der Waals surface area contributed by atoms with Crippen LogP contribution in [-0.2, 0) is 19.1 Å². The lowest BCUT2D eigenvalue weighted by Gasteiger charge is -2.51. The van der Waals surface area contributed by atoms with Crippen molar-refractivity contribution in [1.29, 1.82) is 0 Å². The van der Waals surface area contributed by atoms with Gasteiger partial charge in [-0.1, -0.05) is 27.2 Å². The van der Waals surface area contributed by atoms with Gasteiger partial charge in [-0.3, -0.25) is 9.59 Å². The second kappa shape index (κ2) is 6.82. The average molecular weight is 322 g/mol. The largest absolute Gasteiger partial charge is 0.462 e. The van der Waals surface area contributed by atoms with Crippen LogP contribution in [0.5, 0.6) is 0 Å². The van der Waals surface area contributed by atoms with Crippen LogP contribution < -0.4 is 0 Å². The highest BCUT2D eigenvalue weighted by molar-refractivity contribution is 5.72. The minimum atomic E-state index is -0.247. The Morgan fingerprint density at radius 3 is 2.57 bits per heavy atom. The van der Waals surface area contributed by atoms with Gasteiger partial charge in [0, 0.05) is 6.42 Å². The molecule has 3 rings (SSSR count). The van der Waals surface area contributed by atoms with Crippen LogP contribution in [0.1, 0.15) is 52.9 Å². The lowest BCUT2D eigenvalue weighted by atomic mass is 9.53. The van der Waals surface area contributed by atoms with E-state index in [1.807, 2.05) is 6.92 Å². The molecule has 0 saturated heterocycles. The normalized spacial score (nSPS) is 39.1. The van der Waals surface area contributed by atoms with E-state index in [-0.39, 0.29) is 31.1 Å². The van der Waals surface area contributed by atoms with Crippen LogP contribution in [0, 0.1) is 41.4 Å². The number of carbonyl (C=O) groups is 2. The molecule has 0 aromatic heterocycles. The second-order valence-corrected chi connectivity index (χ2v) is 7.89. The minimum absolute atomic E-state index is 0.0243. The number of hydrogen-bond acceptors (Lipinski definition) is 4. The monoisotopic (exact) mass is 322 g/mol. The van der Waals surface area contributed by atoms with Crippen molar-refractivity contribution in [2.45, 2.75) is 52.9 Å². The average Bonchev–Trinajstić information content (AvgIpc) is 2.84. The Bertz CT molecular complexity index is 460. The topological polar surface area (TPSA) is 52.6 Å². The smallest absolute Gasteiger partial charge is 0.309 e. The first-order valence-corrected chi connectivity index (χ1v) is 9.35. The molecule has 6 unspecified atom stereocenters. The zero-order valence-corrected chi connectivity index (χ0v) is 14.6. The summed E-state index contributed by atoms with van der Waals surface area (Å²) >= 11 is 0. The van der Waals surface area contributed by atoms with Crippen LogP contribution in [0.25, 0.3) is 0 Å². The highest BCUT2D eigenvalue weighted by Crippen LogP contribution is 2.64. The van der Waals surface area contributed by atoms with Crippen molar-refractivity contribution >= 4 is 11.9 Å². The third-order valence-electron chi connectivity index (χ3n) is 6.82. The fourth-order valence-electron chi connectivity index (χ4n) is 5.49. The van der Waals surface area contributed by atoms with Gasteiger partial charge < -0.3 is 9.47 Å². The van der Waals surface area contributed by atoms with E-state index in [4.69, 9.17) is 9.47 Å². The second-order valence-electron chi connectivity index (χ2n) is 7.89. The van der Waals surface area contributed by atoms with Crippen molar-refractivity contribution in [2.75, 3.05) is 13.2 Å². The number of esters is 2. The molecule has 0 spiro atoms. The van der Waals surface area contributed by atoms with E-state index in [9.17, 15) is 9.59 Å². The predicted octanol–water partition coefficient (Wildman–Crippen LogP) is 3.44. The Kier molecular flexibility index (Phi) is 4.98. The van der Waals surface area contributed by atoms with Crippen molar-refractivity contribution in [1.82, 2.24) is 0 Å². The summed E-state index contributed by atoms with van der Waals surface area (Å²) in [5.41, 5.74) is 0. The van der Waals surface area contributed by atoms with Gasteiger partial charge in [-0.2, -0.15) is 0 Å². The van der Waals surface area contributed by atoms with Crippen LogP contribution >= 0.6 is 0 Å². The van der Waals surface area contributed by atoms with Gasteiger partial charge in [-0.25, -0.2) is 0 Å². The number of ether oxygens (including phenoxy) is 2. The van der Waals surface area contributed by atoms with Gasteiger partial charge in [0.1, 0.15) is 13.2 Å². The molecule has 0 bridgehead atoms. The molecule has 130 valence electrons. The van der Waals surface area contributed by atoms with Crippen LogP contribution in [0.3, 0.4) is 0 Å². The molecule has 4 heteroatoms. The quantitative estimate of drug-likeness (QED) is 0.555. The zero-order chi connectivity index (χ0) is 16.6. The summed E-state index contributed by atoms with van der Waals surface area (Å²) in [7, 11) is 0. The van der Waals surface area contributed by atoms with Gasteiger partial charge >= 0.3 is 11.9 Å². The zero-order valence-electron chi connectivity index (χ0n) is 14.6. The molecule has 0 aliphatic heterocycles. The van der Waals surface area contributed by atoms with Crippen molar-refractivity contribution in [2.24, 2.45) is 41.4 Å². The summed E-state index contributed by atoms with van der Waals surface area (Å²) in [5, 5.41) is 0. The lowest BCUT2D eigenvalue weighted by Crippen LogP contribution is -2.45. The van der Waals surface area contributed by atoms with Crippen molar-refractivity contribution < 1.29 is 19.1 Å². The first-order valence-electron chi connectivity index (χ1n) is 9.35. The highest BCUT2D eigenvalue weighted by atomic mass is 16.6. The third-order valence-corrected chi connectivity index (χ3v) is 6.82. The van der Waals surface area contributed by atoms with Crippen LogP contribution in [0.15, 0.2) is 0 Å². The fraction of sp³-hybridized carbons (Fsp3) is 0.895. The standard InChI is InChI=1S/C19H30O4/c1-4-17(20)22-7-8-23-19(21)12(3)15-9-13-6-5-11(2)14-10-16(15)18(13)14/h11-16,18H,4-10H2,1-3H3/t11?,12?,13?,14?,15?,16?,18-/m1/s1. The van der Waals surface area contributed by atoms with Gasteiger partial charge in [0.2, 0.25) is 0 Å². The Morgan fingerprint density at radius 2 is 1.83 bits per heavy atom. The van der Waals surface area contributed by atoms with E-state index >= 15 is 0 Å². The highest BCUT2D eigenvalue weighted by Gasteiger charge is 2.58. The SMILES string of the molecule is CCC(=O)OCCOC(=O)C(C)C1CC2CCC(C)C3CC1[C@H]23. The van der Waals surface area contributed by atoms with E-state index in [2.05, 4.69) is 6.92 Å². The number of carbonyl (C=O) groups excluding carboxylic acids is 2. The maximum absolute atomic E-state index is 12.3. The summed E-state index contributed by atoms with van der Waals surface area (Å²) in [6.45, 7) is 6.53. The summed E-state index contributed by atoms with van der Waals surface area (Å²) in [5.74, 6) is 4.38. The maximum atomic E-state index is 12.3. The summed E-state index contributed by atoms with van der Waals surface area (Å²) in [4.78, 5) is 23.4. The van der Waals surface area contributed by atoms with Gasteiger partial charge in [-0.05, 0) is 54.8 Å². The third kappa shape index (κ3) is 3.14. The number of rotatable bonds is 6. The lowest BCUT2D eigenvalue weighted by molar-refractivity contribution is -0.157. The van der Waals surface area contributed by atoms with E-state index in [0.29, 0.717) is 12.3 Å². The van der Waals surface area contributed by atoms with E-state index in [1.165, 1.54) is 25.7 Å².